The van der Waals surface area contributed by atoms with E-state index < -0.39 is 0 Å². The van der Waals surface area contributed by atoms with Crippen molar-refractivity contribution in [2.45, 2.75) is 32.6 Å². The van der Waals surface area contributed by atoms with E-state index in [-0.39, 0.29) is 17.2 Å². The molecule has 0 aromatic heterocycles. The Morgan fingerprint density at radius 1 is 1.56 bits per heavy atom. The Morgan fingerprint density at radius 3 is 2.81 bits per heavy atom. The fourth-order valence-electron chi connectivity index (χ4n) is 2.36. The van der Waals surface area contributed by atoms with Gasteiger partial charge in [-0.2, -0.15) is 0 Å². The van der Waals surface area contributed by atoms with E-state index in [0.717, 1.165) is 17.7 Å². The summed E-state index contributed by atoms with van der Waals surface area (Å²) in [6.07, 6.45) is 0.966. The molecule has 0 bridgehead atoms. The Balaban J connectivity index is 2.30. The van der Waals surface area contributed by atoms with Gasteiger partial charge in [-0.1, -0.05) is 24.2 Å². The number of halogens is 1. The molecule has 1 aliphatic carbocycles. The van der Waals surface area contributed by atoms with E-state index in [1.807, 2.05) is 19.1 Å². The van der Waals surface area contributed by atoms with Gasteiger partial charge in [0.15, 0.2) is 0 Å². The number of rotatable bonds is 2. The molecular formula is C13H16FNO. The SMILES string of the molecule is C/C(=N\O)C1CC1(C)c1ccc(F)c(C)c1. The Labute approximate surface area is 94.8 Å². The second-order valence-electron chi connectivity index (χ2n) is 4.88. The Bertz CT molecular complexity index is 455. The van der Waals surface area contributed by atoms with Crippen LogP contribution in [-0.4, -0.2) is 10.9 Å². The van der Waals surface area contributed by atoms with Crippen molar-refractivity contribution in [2.24, 2.45) is 11.1 Å². The normalized spacial score (nSPS) is 29.2. The van der Waals surface area contributed by atoms with Gasteiger partial charge in [0, 0.05) is 11.3 Å². The molecule has 2 rings (SSSR count). The van der Waals surface area contributed by atoms with Crippen molar-refractivity contribution in [2.75, 3.05) is 0 Å². The van der Waals surface area contributed by atoms with Gasteiger partial charge in [-0.15, -0.1) is 0 Å². The predicted octanol–water partition coefficient (Wildman–Crippen LogP) is 3.26. The van der Waals surface area contributed by atoms with E-state index >= 15 is 0 Å². The number of oxime groups is 1. The van der Waals surface area contributed by atoms with Gasteiger partial charge in [0.1, 0.15) is 5.82 Å². The molecular weight excluding hydrogens is 205 g/mol. The lowest BCUT2D eigenvalue weighted by Gasteiger charge is -2.12. The van der Waals surface area contributed by atoms with Crippen LogP contribution in [0.2, 0.25) is 0 Å². The quantitative estimate of drug-likeness (QED) is 0.464. The molecule has 86 valence electrons. The van der Waals surface area contributed by atoms with E-state index in [0.29, 0.717) is 5.56 Å². The van der Waals surface area contributed by atoms with Crippen LogP contribution < -0.4 is 0 Å². The second-order valence-corrected chi connectivity index (χ2v) is 4.88. The number of nitrogens with zero attached hydrogens (tertiary/aromatic N) is 1. The monoisotopic (exact) mass is 221 g/mol. The van der Waals surface area contributed by atoms with Gasteiger partial charge in [0.25, 0.3) is 0 Å². The summed E-state index contributed by atoms with van der Waals surface area (Å²) in [5.74, 6) is 0.111. The third-order valence-corrected chi connectivity index (χ3v) is 3.72. The molecule has 3 heteroatoms. The van der Waals surface area contributed by atoms with Gasteiger partial charge < -0.3 is 5.21 Å². The van der Waals surface area contributed by atoms with E-state index in [2.05, 4.69) is 12.1 Å². The minimum absolute atomic E-state index is 0.00870. The summed E-state index contributed by atoms with van der Waals surface area (Å²) in [5, 5.41) is 12.0. The van der Waals surface area contributed by atoms with Crippen LogP contribution in [0.5, 0.6) is 0 Å². The highest BCUT2D eigenvalue weighted by molar-refractivity contribution is 5.88. The van der Waals surface area contributed by atoms with Crippen LogP contribution in [0.4, 0.5) is 4.39 Å². The van der Waals surface area contributed by atoms with Gasteiger partial charge >= 0.3 is 0 Å². The van der Waals surface area contributed by atoms with E-state index in [1.54, 1.807) is 6.92 Å². The molecule has 1 fully saturated rings. The number of aryl methyl sites for hydroxylation is 1. The summed E-state index contributed by atoms with van der Waals surface area (Å²) in [7, 11) is 0. The minimum Gasteiger partial charge on any atom is -0.411 e. The standard InChI is InChI=1S/C13H16FNO/c1-8-6-10(4-5-12(8)14)13(3)7-11(13)9(2)15-16/h4-6,11,16H,7H2,1-3H3/b15-9+. The summed E-state index contributed by atoms with van der Waals surface area (Å²) in [6, 6.07) is 5.23. The van der Waals surface area contributed by atoms with Crippen LogP contribution in [-0.2, 0) is 5.41 Å². The van der Waals surface area contributed by atoms with Crippen LogP contribution in [0.3, 0.4) is 0 Å². The zero-order valence-electron chi connectivity index (χ0n) is 9.79. The molecule has 0 saturated heterocycles. The summed E-state index contributed by atoms with van der Waals surface area (Å²) in [6.45, 7) is 5.72. The molecule has 1 saturated carbocycles. The molecule has 1 aliphatic rings. The molecule has 0 aliphatic heterocycles. The molecule has 2 nitrogen and oxygen atoms in total. The third kappa shape index (κ3) is 1.60. The maximum absolute atomic E-state index is 13.2. The molecule has 1 aromatic rings. The summed E-state index contributed by atoms with van der Waals surface area (Å²) in [4.78, 5) is 0. The van der Waals surface area contributed by atoms with Crippen LogP contribution in [0.25, 0.3) is 0 Å². The number of benzene rings is 1. The molecule has 0 heterocycles. The topological polar surface area (TPSA) is 32.6 Å². The highest BCUT2D eigenvalue weighted by Gasteiger charge is 2.53. The first-order valence-electron chi connectivity index (χ1n) is 5.44. The summed E-state index contributed by atoms with van der Waals surface area (Å²) < 4.78 is 13.2. The fraction of sp³-hybridized carbons (Fsp3) is 0.462. The van der Waals surface area contributed by atoms with E-state index in [9.17, 15) is 4.39 Å². The summed E-state index contributed by atoms with van der Waals surface area (Å²) in [5.41, 5.74) is 2.56. The van der Waals surface area contributed by atoms with Crippen LogP contribution in [0, 0.1) is 18.7 Å². The average Bonchev–Trinajstić information content (AvgIpc) is 2.95. The van der Waals surface area contributed by atoms with Crippen molar-refractivity contribution >= 4 is 5.71 Å². The Morgan fingerprint density at radius 2 is 2.25 bits per heavy atom. The molecule has 0 radical (unpaired) electrons. The zero-order valence-corrected chi connectivity index (χ0v) is 9.79. The maximum Gasteiger partial charge on any atom is 0.126 e. The lowest BCUT2D eigenvalue weighted by Crippen LogP contribution is -2.10. The van der Waals surface area contributed by atoms with E-state index in [1.165, 1.54) is 6.07 Å². The third-order valence-electron chi connectivity index (χ3n) is 3.72. The average molecular weight is 221 g/mol. The van der Waals surface area contributed by atoms with Crippen LogP contribution in [0.1, 0.15) is 31.4 Å². The van der Waals surface area contributed by atoms with Crippen LogP contribution >= 0.6 is 0 Å². The molecule has 2 unspecified atom stereocenters. The highest BCUT2D eigenvalue weighted by atomic mass is 19.1. The van der Waals surface area contributed by atoms with Gasteiger partial charge in [0.05, 0.1) is 5.71 Å². The van der Waals surface area contributed by atoms with Crippen molar-refractivity contribution < 1.29 is 9.60 Å². The Hall–Kier alpha value is -1.38. The number of hydrogen-bond acceptors (Lipinski definition) is 2. The Kier molecular flexibility index (Phi) is 2.49. The smallest absolute Gasteiger partial charge is 0.126 e. The number of hydrogen-bond donors (Lipinski definition) is 1. The highest BCUT2D eigenvalue weighted by Crippen LogP contribution is 2.54. The fourth-order valence-corrected chi connectivity index (χ4v) is 2.36. The zero-order chi connectivity index (χ0) is 11.9. The summed E-state index contributed by atoms with van der Waals surface area (Å²) >= 11 is 0. The van der Waals surface area contributed by atoms with Gasteiger partial charge in [0.2, 0.25) is 0 Å². The molecule has 2 atom stereocenters. The van der Waals surface area contributed by atoms with Crippen molar-refractivity contribution in [1.82, 2.24) is 0 Å². The molecule has 0 amide bonds. The van der Waals surface area contributed by atoms with Crippen molar-refractivity contribution in [3.8, 4) is 0 Å². The van der Waals surface area contributed by atoms with Gasteiger partial charge in [-0.3, -0.25) is 0 Å². The van der Waals surface area contributed by atoms with Crippen molar-refractivity contribution in [3.63, 3.8) is 0 Å². The minimum atomic E-state index is -0.169. The van der Waals surface area contributed by atoms with E-state index in [4.69, 9.17) is 5.21 Å². The van der Waals surface area contributed by atoms with Crippen molar-refractivity contribution in [3.05, 3.63) is 35.1 Å². The van der Waals surface area contributed by atoms with Crippen LogP contribution in [0.15, 0.2) is 23.4 Å². The second kappa shape index (κ2) is 3.58. The largest absolute Gasteiger partial charge is 0.411 e. The molecule has 16 heavy (non-hydrogen) atoms. The maximum atomic E-state index is 13.2. The first-order chi connectivity index (χ1) is 7.49. The molecule has 0 spiro atoms. The van der Waals surface area contributed by atoms with Crippen molar-refractivity contribution in [1.29, 1.82) is 0 Å². The first-order valence-corrected chi connectivity index (χ1v) is 5.44. The van der Waals surface area contributed by atoms with Gasteiger partial charge in [-0.05, 0) is 37.5 Å². The molecule has 1 N–H and O–H groups in total. The lowest BCUT2D eigenvalue weighted by molar-refractivity contribution is 0.316. The van der Waals surface area contributed by atoms with Gasteiger partial charge in [-0.25, -0.2) is 4.39 Å². The molecule has 1 aromatic carbocycles. The predicted molar refractivity (Wildman–Crippen MR) is 61.5 cm³/mol. The first kappa shape index (κ1) is 11.1. The lowest BCUT2D eigenvalue weighted by atomic mass is 9.93.